The molecule has 2 rings (SSSR count). The van der Waals surface area contributed by atoms with Gasteiger partial charge >= 0.3 is 5.97 Å². The number of halogens is 2. The van der Waals surface area contributed by atoms with Gasteiger partial charge < -0.3 is 4.74 Å². The lowest BCUT2D eigenvalue weighted by Gasteiger charge is -2.17. The van der Waals surface area contributed by atoms with Gasteiger partial charge in [-0.25, -0.2) is 13.6 Å². The zero-order valence-corrected chi connectivity index (χ0v) is 10.5. The van der Waals surface area contributed by atoms with Crippen molar-refractivity contribution in [3.8, 4) is 0 Å². The topological polar surface area (TPSA) is 48.3 Å². The Bertz CT molecular complexity index is 697. The Hall–Kier alpha value is -2.50. The summed E-state index contributed by atoms with van der Waals surface area (Å²) in [6.45, 7) is 0. The highest BCUT2D eigenvalue weighted by Gasteiger charge is 2.25. The summed E-state index contributed by atoms with van der Waals surface area (Å²) >= 11 is 0. The average molecular weight is 279 g/mol. The summed E-state index contributed by atoms with van der Waals surface area (Å²) in [5.41, 5.74) is -0.323. The summed E-state index contributed by atoms with van der Waals surface area (Å²) in [7, 11) is 1.16. The van der Waals surface area contributed by atoms with Crippen LogP contribution in [0.15, 0.2) is 47.4 Å². The highest BCUT2D eigenvalue weighted by molar-refractivity contribution is 5.78. The maximum absolute atomic E-state index is 13.3. The van der Waals surface area contributed by atoms with Crippen LogP contribution < -0.4 is 5.56 Å². The molecular weight excluding hydrogens is 268 g/mol. The van der Waals surface area contributed by atoms with Crippen molar-refractivity contribution in [2.45, 2.75) is 6.04 Å². The first-order valence-electron chi connectivity index (χ1n) is 5.74. The number of ether oxygens (including phenoxy) is 1. The Kier molecular flexibility index (Phi) is 3.93. The first kappa shape index (κ1) is 13.9. The molecule has 6 heteroatoms. The molecule has 0 bridgehead atoms. The van der Waals surface area contributed by atoms with Crippen molar-refractivity contribution in [2.75, 3.05) is 7.11 Å². The predicted octanol–water partition coefficient (Wildman–Crippen LogP) is 1.89. The van der Waals surface area contributed by atoms with E-state index in [9.17, 15) is 18.4 Å². The van der Waals surface area contributed by atoms with Crippen LogP contribution in [-0.2, 0) is 9.53 Å². The molecule has 4 nitrogen and oxygen atoms in total. The van der Waals surface area contributed by atoms with Gasteiger partial charge in [0.15, 0.2) is 17.7 Å². The number of benzene rings is 1. The number of rotatable bonds is 3. The van der Waals surface area contributed by atoms with Gasteiger partial charge in [-0.1, -0.05) is 12.1 Å². The van der Waals surface area contributed by atoms with Crippen molar-refractivity contribution in [3.63, 3.8) is 0 Å². The largest absolute Gasteiger partial charge is 0.467 e. The molecule has 0 saturated heterocycles. The van der Waals surface area contributed by atoms with E-state index in [-0.39, 0.29) is 5.56 Å². The summed E-state index contributed by atoms with van der Waals surface area (Å²) in [6.07, 6.45) is 1.38. The molecule has 104 valence electrons. The average Bonchev–Trinajstić information content (AvgIpc) is 2.44. The Morgan fingerprint density at radius 3 is 2.55 bits per heavy atom. The van der Waals surface area contributed by atoms with E-state index < -0.39 is 29.2 Å². The zero-order chi connectivity index (χ0) is 14.7. The molecular formula is C14H11F2NO3. The highest BCUT2D eigenvalue weighted by atomic mass is 19.2. The number of nitrogens with zero attached hydrogens (tertiary/aromatic N) is 1. The third-order valence-corrected chi connectivity index (χ3v) is 2.81. The Balaban J connectivity index is 2.59. The Morgan fingerprint density at radius 1 is 1.20 bits per heavy atom. The van der Waals surface area contributed by atoms with Crippen LogP contribution in [0, 0.1) is 11.6 Å². The quantitative estimate of drug-likeness (QED) is 0.806. The summed E-state index contributed by atoms with van der Waals surface area (Å²) in [6, 6.07) is 6.17. The third-order valence-electron chi connectivity index (χ3n) is 2.81. The molecule has 1 heterocycles. The lowest BCUT2D eigenvalue weighted by molar-refractivity contribution is -0.143. The van der Waals surface area contributed by atoms with Crippen molar-refractivity contribution < 1.29 is 18.3 Å². The number of aromatic nitrogens is 1. The highest BCUT2D eigenvalue weighted by Crippen LogP contribution is 2.20. The van der Waals surface area contributed by atoms with E-state index in [1.54, 1.807) is 6.07 Å². The maximum atomic E-state index is 13.3. The molecule has 20 heavy (non-hydrogen) atoms. The summed E-state index contributed by atoms with van der Waals surface area (Å²) < 4.78 is 32.0. The van der Waals surface area contributed by atoms with E-state index in [4.69, 9.17) is 0 Å². The zero-order valence-electron chi connectivity index (χ0n) is 10.5. The first-order chi connectivity index (χ1) is 9.54. The second kappa shape index (κ2) is 5.64. The van der Waals surface area contributed by atoms with Crippen LogP contribution in [0.4, 0.5) is 8.78 Å². The lowest BCUT2D eigenvalue weighted by atomic mass is 10.1. The summed E-state index contributed by atoms with van der Waals surface area (Å²) in [4.78, 5) is 23.7. The second-order valence-electron chi connectivity index (χ2n) is 4.05. The molecule has 0 aliphatic carbocycles. The van der Waals surface area contributed by atoms with Gasteiger partial charge in [0.2, 0.25) is 0 Å². The van der Waals surface area contributed by atoms with Gasteiger partial charge in [-0.2, -0.15) is 0 Å². The number of carbonyl (C=O) groups excluding carboxylic acids is 1. The molecule has 0 aliphatic heterocycles. The van der Waals surface area contributed by atoms with Crippen molar-refractivity contribution in [1.82, 2.24) is 4.57 Å². The molecule has 0 saturated carbocycles. The number of pyridine rings is 1. The number of methoxy groups -OCH3 is 1. The van der Waals surface area contributed by atoms with Gasteiger partial charge in [-0.05, 0) is 23.8 Å². The minimum Gasteiger partial charge on any atom is -0.467 e. The van der Waals surface area contributed by atoms with Crippen LogP contribution in [0.1, 0.15) is 11.6 Å². The Labute approximate surface area is 113 Å². The van der Waals surface area contributed by atoms with Crippen molar-refractivity contribution >= 4 is 5.97 Å². The van der Waals surface area contributed by atoms with E-state index in [1.165, 1.54) is 24.4 Å². The molecule has 0 fully saturated rings. The predicted molar refractivity (Wildman–Crippen MR) is 67.2 cm³/mol. The molecule has 0 amide bonds. The monoisotopic (exact) mass is 279 g/mol. The molecule has 0 radical (unpaired) electrons. The molecule has 1 aromatic carbocycles. The Morgan fingerprint density at radius 2 is 1.95 bits per heavy atom. The van der Waals surface area contributed by atoms with Crippen molar-refractivity contribution in [3.05, 3.63) is 70.1 Å². The van der Waals surface area contributed by atoms with E-state index >= 15 is 0 Å². The fourth-order valence-corrected chi connectivity index (χ4v) is 1.86. The van der Waals surface area contributed by atoms with Crippen LogP contribution in [0.25, 0.3) is 0 Å². The van der Waals surface area contributed by atoms with Crippen LogP contribution >= 0.6 is 0 Å². The molecule has 0 spiro atoms. The third kappa shape index (κ3) is 2.59. The van der Waals surface area contributed by atoms with Crippen LogP contribution in [0.2, 0.25) is 0 Å². The molecule has 1 aromatic heterocycles. The fraction of sp³-hybridized carbons (Fsp3) is 0.143. The molecule has 0 N–H and O–H groups in total. The smallest absolute Gasteiger partial charge is 0.333 e. The van der Waals surface area contributed by atoms with Crippen molar-refractivity contribution in [2.24, 2.45) is 0 Å². The van der Waals surface area contributed by atoms with Gasteiger partial charge in [0.05, 0.1) is 7.11 Å². The number of hydrogen-bond acceptors (Lipinski definition) is 3. The normalized spacial score (nSPS) is 11.9. The van der Waals surface area contributed by atoms with E-state index in [0.717, 1.165) is 23.8 Å². The fourth-order valence-electron chi connectivity index (χ4n) is 1.86. The number of hydrogen-bond donors (Lipinski definition) is 0. The van der Waals surface area contributed by atoms with E-state index in [1.807, 2.05) is 0 Å². The molecule has 1 unspecified atom stereocenters. The van der Waals surface area contributed by atoms with Crippen LogP contribution in [0.3, 0.4) is 0 Å². The van der Waals surface area contributed by atoms with Gasteiger partial charge in [-0.15, -0.1) is 0 Å². The minimum atomic E-state index is -1.16. The van der Waals surface area contributed by atoms with Crippen molar-refractivity contribution in [1.29, 1.82) is 0 Å². The minimum absolute atomic E-state index is 0.129. The van der Waals surface area contributed by atoms with Gasteiger partial charge in [0.25, 0.3) is 5.56 Å². The van der Waals surface area contributed by atoms with Gasteiger partial charge in [-0.3, -0.25) is 9.36 Å². The van der Waals surface area contributed by atoms with E-state index in [2.05, 4.69) is 4.74 Å². The molecule has 2 aromatic rings. The lowest BCUT2D eigenvalue weighted by Crippen LogP contribution is -2.30. The maximum Gasteiger partial charge on any atom is 0.333 e. The molecule has 0 aliphatic rings. The molecule has 1 atom stereocenters. The summed E-state index contributed by atoms with van der Waals surface area (Å²) in [5.74, 6) is -2.87. The van der Waals surface area contributed by atoms with E-state index in [0.29, 0.717) is 0 Å². The number of esters is 1. The van der Waals surface area contributed by atoms with Gasteiger partial charge in [0.1, 0.15) is 0 Å². The first-order valence-corrected chi connectivity index (χ1v) is 5.74. The van der Waals surface area contributed by atoms with Crippen LogP contribution in [-0.4, -0.2) is 17.6 Å². The standard InChI is InChI=1S/C14H11F2NO3/c1-20-14(19)13(17-7-3-2-4-12(17)18)9-5-6-10(15)11(16)8-9/h2-8,13H,1H3. The summed E-state index contributed by atoms with van der Waals surface area (Å²) in [5, 5.41) is 0. The number of carbonyl (C=O) groups is 1. The van der Waals surface area contributed by atoms with Gasteiger partial charge in [0, 0.05) is 12.3 Å². The second-order valence-corrected chi connectivity index (χ2v) is 4.05. The van der Waals surface area contributed by atoms with Crippen LogP contribution in [0.5, 0.6) is 0 Å². The SMILES string of the molecule is COC(=O)C(c1ccc(F)c(F)c1)n1ccccc1=O.